The summed E-state index contributed by atoms with van der Waals surface area (Å²) in [6.45, 7) is -0.621. The molecule has 2 atom stereocenters. The van der Waals surface area contributed by atoms with Crippen molar-refractivity contribution in [2.45, 2.75) is 11.6 Å². The molecule has 80 valence electrons. The first kappa shape index (κ1) is 13.4. The van der Waals surface area contributed by atoms with Crippen LogP contribution in [0, 0.1) is 0 Å². The van der Waals surface area contributed by atoms with Gasteiger partial charge in [-0.15, -0.1) is 0 Å². The van der Waals surface area contributed by atoms with E-state index in [1.165, 1.54) is 0 Å². The lowest BCUT2D eigenvalue weighted by Crippen LogP contribution is -2.56. The SMILES string of the molecule is NCC(F)(CS)NCC(N)(F)CS. The normalized spacial score (nSPS) is 20.8. The van der Waals surface area contributed by atoms with Crippen LogP contribution in [0.3, 0.4) is 0 Å². The molecule has 0 saturated heterocycles. The van der Waals surface area contributed by atoms with Gasteiger partial charge in [-0.2, -0.15) is 25.3 Å². The second kappa shape index (κ2) is 5.35. The van der Waals surface area contributed by atoms with Crippen molar-refractivity contribution in [3.8, 4) is 0 Å². The van der Waals surface area contributed by atoms with Crippen molar-refractivity contribution >= 4 is 25.3 Å². The summed E-state index contributed by atoms with van der Waals surface area (Å²) < 4.78 is 26.4. The molecule has 0 heterocycles. The molecule has 0 aromatic carbocycles. The fraction of sp³-hybridized carbons (Fsp3) is 1.00. The van der Waals surface area contributed by atoms with Crippen molar-refractivity contribution in [3.05, 3.63) is 0 Å². The summed E-state index contributed by atoms with van der Waals surface area (Å²) in [5.41, 5.74) is 10.2. The van der Waals surface area contributed by atoms with Crippen molar-refractivity contribution in [2.75, 3.05) is 24.6 Å². The second-order valence-corrected chi connectivity index (χ2v) is 3.51. The maximum Gasteiger partial charge on any atom is 0.182 e. The first-order chi connectivity index (χ1) is 5.89. The van der Waals surface area contributed by atoms with E-state index in [1.807, 2.05) is 0 Å². The first-order valence-corrected chi connectivity index (χ1v) is 4.99. The molecule has 0 aromatic rings. The van der Waals surface area contributed by atoms with E-state index >= 15 is 0 Å². The predicted octanol–water partition coefficient (Wildman–Crippen LogP) is -0.315. The van der Waals surface area contributed by atoms with Crippen LogP contribution in [-0.2, 0) is 0 Å². The Balaban J connectivity index is 3.99. The van der Waals surface area contributed by atoms with Gasteiger partial charge in [0.1, 0.15) is 0 Å². The van der Waals surface area contributed by atoms with Crippen LogP contribution in [0.25, 0.3) is 0 Å². The number of thiol groups is 2. The van der Waals surface area contributed by atoms with Crippen LogP contribution < -0.4 is 16.8 Å². The molecule has 13 heavy (non-hydrogen) atoms. The highest BCUT2D eigenvalue weighted by Crippen LogP contribution is 2.10. The van der Waals surface area contributed by atoms with E-state index in [0.29, 0.717) is 0 Å². The van der Waals surface area contributed by atoms with Crippen LogP contribution in [0.15, 0.2) is 0 Å². The highest BCUT2D eigenvalue weighted by molar-refractivity contribution is 7.80. The van der Waals surface area contributed by atoms with Crippen LogP contribution in [0.2, 0.25) is 0 Å². The number of hydrogen-bond donors (Lipinski definition) is 5. The van der Waals surface area contributed by atoms with Crippen LogP contribution in [0.5, 0.6) is 0 Å². The van der Waals surface area contributed by atoms with Gasteiger partial charge in [0, 0.05) is 24.6 Å². The molecule has 3 nitrogen and oxygen atoms in total. The van der Waals surface area contributed by atoms with E-state index in [2.05, 4.69) is 30.6 Å². The number of nitrogens with one attached hydrogen (secondary N) is 1. The zero-order valence-electron chi connectivity index (χ0n) is 7.13. The third-order valence-electron chi connectivity index (χ3n) is 1.54. The van der Waals surface area contributed by atoms with Gasteiger partial charge in [0.05, 0.1) is 0 Å². The Morgan fingerprint density at radius 2 is 1.77 bits per heavy atom. The molecular formula is C6H15F2N3S2. The van der Waals surface area contributed by atoms with E-state index in [-0.39, 0.29) is 24.6 Å². The Bertz CT molecular complexity index is 153. The smallest absolute Gasteiger partial charge is 0.182 e. The van der Waals surface area contributed by atoms with E-state index in [1.54, 1.807) is 0 Å². The van der Waals surface area contributed by atoms with Gasteiger partial charge < -0.3 is 5.73 Å². The molecular weight excluding hydrogens is 216 g/mol. The maximum absolute atomic E-state index is 13.4. The standard InChI is InChI=1S/C6H15F2N3S2/c7-5(10,3-12)2-11-6(8,1-9)4-13/h11-13H,1-4,9-10H2. The lowest BCUT2D eigenvalue weighted by molar-refractivity contribution is 0.110. The minimum absolute atomic E-state index is 0.133. The van der Waals surface area contributed by atoms with Gasteiger partial charge >= 0.3 is 0 Å². The minimum Gasteiger partial charge on any atom is -0.326 e. The minimum atomic E-state index is -2.03. The van der Waals surface area contributed by atoms with Crippen LogP contribution in [0.4, 0.5) is 8.78 Å². The van der Waals surface area contributed by atoms with Gasteiger partial charge in [-0.3, -0.25) is 11.1 Å². The molecule has 0 rings (SSSR count). The first-order valence-electron chi connectivity index (χ1n) is 3.73. The molecule has 0 aromatic heterocycles. The largest absolute Gasteiger partial charge is 0.326 e. The van der Waals surface area contributed by atoms with E-state index in [4.69, 9.17) is 11.5 Å². The lowest BCUT2D eigenvalue weighted by atomic mass is 10.2. The zero-order chi connectivity index (χ0) is 10.5. The summed E-state index contributed by atoms with van der Waals surface area (Å²) in [6.07, 6.45) is 0. The van der Waals surface area contributed by atoms with Crippen molar-refractivity contribution in [1.29, 1.82) is 0 Å². The highest BCUT2D eigenvalue weighted by atomic mass is 32.1. The summed E-state index contributed by atoms with van der Waals surface area (Å²) in [5, 5.41) is 2.27. The zero-order valence-corrected chi connectivity index (χ0v) is 8.92. The summed E-state index contributed by atoms with van der Waals surface area (Å²) in [5.74, 6) is -4.22. The highest BCUT2D eigenvalue weighted by Gasteiger charge is 2.30. The van der Waals surface area contributed by atoms with Gasteiger partial charge in [0.2, 0.25) is 0 Å². The topological polar surface area (TPSA) is 64.1 Å². The Labute approximate surface area is 87.4 Å². The van der Waals surface area contributed by atoms with Crippen molar-refractivity contribution in [1.82, 2.24) is 5.32 Å². The molecule has 0 radical (unpaired) electrons. The molecule has 0 bridgehead atoms. The van der Waals surface area contributed by atoms with E-state index < -0.39 is 11.6 Å². The summed E-state index contributed by atoms with van der Waals surface area (Å²) >= 11 is 7.42. The predicted molar refractivity (Wildman–Crippen MR) is 56.6 cm³/mol. The molecule has 0 spiro atoms. The molecule has 0 aliphatic rings. The van der Waals surface area contributed by atoms with E-state index in [0.717, 1.165) is 0 Å². The van der Waals surface area contributed by atoms with Gasteiger partial charge in [-0.05, 0) is 0 Å². The van der Waals surface area contributed by atoms with Crippen molar-refractivity contribution < 1.29 is 8.78 Å². The quantitative estimate of drug-likeness (QED) is 0.322. The summed E-state index contributed by atoms with van der Waals surface area (Å²) in [4.78, 5) is 0. The third kappa shape index (κ3) is 5.02. The van der Waals surface area contributed by atoms with Gasteiger partial charge in [-0.1, -0.05) is 0 Å². The van der Waals surface area contributed by atoms with Gasteiger partial charge in [0.25, 0.3) is 0 Å². The second-order valence-electron chi connectivity index (χ2n) is 2.87. The van der Waals surface area contributed by atoms with Crippen LogP contribution in [-0.4, -0.2) is 36.2 Å². The number of hydrogen-bond acceptors (Lipinski definition) is 5. The van der Waals surface area contributed by atoms with Gasteiger partial charge in [0.15, 0.2) is 11.6 Å². The van der Waals surface area contributed by atoms with Crippen molar-refractivity contribution in [2.24, 2.45) is 11.5 Å². The molecule has 0 fully saturated rings. The molecule has 2 unspecified atom stereocenters. The monoisotopic (exact) mass is 231 g/mol. The molecule has 0 amide bonds. The maximum atomic E-state index is 13.4. The number of nitrogens with two attached hydrogens (primary N) is 2. The van der Waals surface area contributed by atoms with Crippen LogP contribution in [0.1, 0.15) is 0 Å². The number of halogens is 2. The van der Waals surface area contributed by atoms with E-state index in [9.17, 15) is 8.78 Å². The Kier molecular flexibility index (Phi) is 5.53. The van der Waals surface area contributed by atoms with Gasteiger partial charge in [-0.25, -0.2) is 8.78 Å². The summed E-state index contributed by atoms with van der Waals surface area (Å²) in [7, 11) is 0. The van der Waals surface area contributed by atoms with Crippen LogP contribution >= 0.6 is 25.3 Å². The molecule has 0 aliphatic carbocycles. The Morgan fingerprint density at radius 1 is 1.23 bits per heavy atom. The Morgan fingerprint density at radius 3 is 2.08 bits per heavy atom. The number of rotatable bonds is 6. The fourth-order valence-corrected chi connectivity index (χ4v) is 0.907. The average molecular weight is 231 g/mol. The molecule has 0 aliphatic heterocycles. The summed E-state index contributed by atoms with van der Waals surface area (Å²) in [6, 6.07) is 0. The molecule has 7 heteroatoms. The fourth-order valence-electron chi connectivity index (χ4n) is 0.554. The van der Waals surface area contributed by atoms with Crippen molar-refractivity contribution in [3.63, 3.8) is 0 Å². The number of alkyl halides is 2. The average Bonchev–Trinajstić information content (AvgIpc) is 2.14. The third-order valence-corrected chi connectivity index (χ3v) is 2.56. The Hall–Kier alpha value is 0.440. The molecule has 0 saturated carbocycles. The lowest BCUT2D eigenvalue weighted by Gasteiger charge is -2.27. The molecule has 5 N–H and O–H groups in total.